The van der Waals surface area contributed by atoms with Crippen LogP contribution in [0.1, 0.15) is 38.4 Å². The number of nitrogens with zero attached hydrogens (tertiary/aromatic N) is 4. The summed E-state index contributed by atoms with van der Waals surface area (Å²) in [6.45, 7) is 6.03. The van der Waals surface area contributed by atoms with Crippen molar-refractivity contribution >= 4 is 40.9 Å². The lowest BCUT2D eigenvalue weighted by molar-refractivity contribution is -0.128. The number of aromatic nitrogens is 3. The molecule has 0 fully saturated rings. The Morgan fingerprint density at radius 1 is 1.33 bits per heavy atom. The zero-order chi connectivity index (χ0) is 17.9. The highest BCUT2D eigenvalue weighted by Gasteiger charge is 2.20. The summed E-state index contributed by atoms with van der Waals surface area (Å²) in [6.07, 6.45) is 1.68. The third kappa shape index (κ3) is 4.43. The lowest BCUT2D eigenvalue weighted by Crippen LogP contribution is -2.31. The summed E-state index contributed by atoms with van der Waals surface area (Å²) in [5, 5.41) is 9.85. The number of rotatable bonds is 6. The molecule has 1 unspecified atom stereocenters. The van der Waals surface area contributed by atoms with Gasteiger partial charge in [-0.2, -0.15) is 0 Å². The predicted octanol–water partition coefficient (Wildman–Crippen LogP) is 4.48. The monoisotopic (exact) mass is 386 g/mol. The van der Waals surface area contributed by atoms with Gasteiger partial charge in [0, 0.05) is 23.1 Å². The van der Waals surface area contributed by atoms with Gasteiger partial charge >= 0.3 is 0 Å². The molecule has 0 radical (unpaired) electrons. The van der Waals surface area contributed by atoms with E-state index in [0.29, 0.717) is 10.0 Å². The van der Waals surface area contributed by atoms with Gasteiger partial charge in [-0.1, -0.05) is 41.0 Å². The van der Waals surface area contributed by atoms with E-state index in [0.717, 1.165) is 10.7 Å². The molecule has 1 aromatic heterocycles. The molecule has 0 aliphatic carbocycles. The molecule has 2 aromatic rings. The van der Waals surface area contributed by atoms with Crippen LogP contribution in [0.2, 0.25) is 10.0 Å². The van der Waals surface area contributed by atoms with E-state index in [2.05, 4.69) is 10.2 Å². The molecule has 8 heteroatoms. The average molecular weight is 387 g/mol. The predicted molar refractivity (Wildman–Crippen MR) is 98.8 cm³/mol. The van der Waals surface area contributed by atoms with Crippen LogP contribution in [0.3, 0.4) is 0 Å². The lowest BCUT2D eigenvalue weighted by Gasteiger charge is -2.26. The number of hydrogen-bond donors (Lipinski definition) is 0. The molecule has 2 rings (SSSR count). The number of halogens is 2. The van der Waals surface area contributed by atoms with Gasteiger partial charge < -0.3 is 9.47 Å². The zero-order valence-electron chi connectivity index (χ0n) is 14.0. The third-order valence-corrected chi connectivity index (χ3v) is 5.31. The summed E-state index contributed by atoms with van der Waals surface area (Å²) < 4.78 is 1.94. The summed E-state index contributed by atoms with van der Waals surface area (Å²) in [4.78, 5) is 14.2. The highest BCUT2D eigenvalue weighted by Crippen LogP contribution is 2.29. The lowest BCUT2D eigenvalue weighted by atomic mass is 10.1. The Labute approximate surface area is 156 Å². The van der Waals surface area contributed by atoms with Gasteiger partial charge in [-0.3, -0.25) is 4.79 Å². The van der Waals surface area contributed by atoms with Crippen LogP contribution in [0.25, 0.3) is 0 Å². The second-order valence-electron chi connectivity index (χ2n) is 5.75. The number of benzene rings is 1. The summed E-state index contributed by atoms with van der Waals surface area (Å²) in [7, 11) is 1.77. The van der Waals surface area contributed by atoms with Crippen LogP contribution in [0.4, 0.5) is 0 Å². The fraction of sp³-hybridized carbons (Fsp3) is 0.438. The van der Waals surface area contributed by atoms with E-state index in [1.54, 1.807) is 30.4 Å². The molecule has 0 aliphatic rings. The minimum Gasteiger partial charge on any atom is -0.338 e. The minimum absolute atomic E-state index is 0.00294. The van der Waals surface area contributed by atoms with Crippen molar-refractivity contribution in [3.05, 3.63) is 40.1 Å². The summed E-state index contributed by atoms with van der Waals surface area (Å²) >= 11 is 13.5. The molecule has 24 heavy (non-hydrogen) atoms. The van der Waals surface area contributed by atoms with Gasteiger partial charge in [-0.25, -0.2) is 0 Å². The summed E-state index contributed by atoms with van der Waals surface area (Å²) in [5.41, 5.74) is 0.868. The van der Waals surface area contributed by atoms with Crippen molar-refractivity contribution in [1.82, 2.24) is 19.7 Å². The van der Waals surface area contributed by atoms with Crippen molar-refractivity contribution in [3.63, 3.8) is 0 Å². The molecule has 1 atom stereocenters. The van der Waals surface area contributed by atoms with E-state index in [4.69, 9.17) is 23.2 Å². The Morgan fingerprint density at radius 2 is 2.04 bits per heavy atom. The number of carbonyl (C=O) groups is 1. The molecule has 0 N–H and O–H groups in total. The maximum absolute atomic E-state index is 12.5. The molecule has 0 aliphatic heterocycles. The van der Waals surface area contributed by atoms with Gasteiger partial charge in [0.2, 0.25) is 5.91 Å². The van der Waals surface area contributed by atoms with Gasteiger partial charge in [0.05, 0.1) is 11.8 Å². The topological polar surface area (TPSA) is 51.0 Å². The molecule has 0 bridgehead atoms. The third-order valence-electron chi connectivity index (χ3n) is 3.81. The first-order chi connectivity index (χ1) is 11.3. The van der Waals surface area contributed by atoms with Gasteiger partial charge in [-0.05, 0) is 38.5 Å². The minimum atomic E-state index is -0.147. The Bertz CT molecular complexity index is 720. The maximum Gasteiger partial charge on any atom is 0.233 e. The number of carbonyl (C=O) groups excluding carboxylic acids is 1. The second-order valence-corrected chi connectivity index (χ2v) is 7.54. The quantitative estimate of drug-likeness (QED) is 0.686. The molecule has 5 nitrogen and oxygen atoms in total. The first-order valence-electron chi connectivity index (χ1n) is 7.54. The Hall–Kier alpha value is -1.24. The van der Waals surface area contributed by atoms with Gasteiger partial charge in [0.15, 0.2) is 5.16 Å². The van der Waals surface area contributed by atoms with Gasteiger partial charge in [0.1, 0.15) is 6.33 Å². The van der Waals surface area contributed by atoms with Crippen molar-refractivity contribution < 1.29 is 4.79 Å². The SMILES string of the molecule is CC(c1ccc(Cl)cc1Cl)N(C)C(=O)CSc1nncn1C(C)C. The number of amides is 1. The van der Waals surface area contributed by atoms with Crippen LogP contribution in [-0.4, -0.2) is 38.4 Å². The molecule has 1 amide bonds. The van der Waals surface area contributed by atoms with E-state index in [1.165, 1.54) is 11.8 Å². The van der Waals surface area contributed by atoms with Crippen LogP contribution in [0.5, 0.6) is 0 Å². The molecule has 130 valence electrons. The van der Waals surface area contributed by atoms with E-state index >= 15 is 0 Å². The van der Waals surface area contributed by atoms with Crippen molar-refractivity contribution in [2.24, 2.45) is 0 Å². The van der Waals surface area contributed by atoms with E-state index in [9.17, 15) is 4.79 Å². The average Bonchev–Trinajstić information content (AvgIpc) is 3.00. The highest BCUT2D eigenvalue weighted by molar-refractivity contribution is 7.99. The zero-order valence-corrected chi connectivity index (χ0v) is 16.4. The molecule has 1 heterocycles. The van der Waals surface area contributed by atoms with E-state index in [-0.39, 0.29) is 23.7 Å². The maximum atomic E-state index is 12.5. The molecule has 0 spiro atoms. The fourth-order valence-corrected chi connectivity index (χ4v) is 3.72. The fourth-order valence-electron chi connectivity index (χ4n) is 2.18. The molecule has 0 saturated heterocycles. The van der Waals surface area contributed by atoms with Crippen molar-refractivity contribution in [2.75, 3.05) is 12.8 Å². The van der Waals surface area contributed by atoms with Gasteiger partial charge in [-0.15, -0.1) is 10.2 Å². The van der Waals surface area contributed by atoms with E-state index in [1.807, 2.05) is 31.4 Å². The van der Waals surface area contributed by atoms with Crippen LogP contribution >= 0.6 is 35.0 Å². The van der Waals surface area contributed by atoms with Crippen LogP contribution in [-0.2, 0) is 4.79 Å². The Kier molecular flexibility index (Phi) is 6.54. The molecule has 1 aromatic carbocycles. The first-order valence-corrected chi connectivity index (χ1v) is 9.28. The van der Waals surface area contributed by atoms with Crippen molar-refractivity contribution in [3.8, 4) is 0 Å². The molecular formula is C16H20Cl2N4OS. The normalized spacial score (nSPS) is 12.5. The van der Waals surface area contributed by atoms with E-state index < -0.39 is 0 Å². The van der Waals surface area contributed by atoms with Crippen molar-refractivity contribution in [1.29, 1.82) is 0 Å². The summed E-state index contributed by atoms with van der Waals surface area (Å²) in [6, 6.07) is 5.42. The smallest absolute Gasteiger partial charge is 0.233 e. The van der Waals surface area contributed by atoms with Crippen LogP contribution in [0, 0.1) is 0 Å². The molecule has 0 saturated carbocycles. The van der Waals surface area contributed by atoms with Crippen LogP contribution < -0.4 is 0 Å². The number of thioether (sulfide) groups is 1. The Morgan fingerprint density at radius 3 is 2.67 bits per heavy atom. The number of hydrogen-bond acceptors (Lipinski definition) is 4. The van der Waals surface area contributed by atoms with Crippen LogP contribution in [0.15, 0.2) is 29.7 Å². The van der Waals surface area contributed by atoms with Crippen molar-refractivity contribution in [2.45, 2.75) is 38.0 Å². The summed E-state index contributed by atoms with van der Waals surface area (Å²) in [5.74, 6) is 0.286. The first kappa shape index (κ1) is 19.1. The molecular weight excluding hydrogens is 367 g/mol. The van der Waals surface area contributed by atoms with Gasteiger partial charge in [0.25, 0.3) is 0 Å². The highest BCUT2D eigenvalue weighted by atomic mass is 35.5. The second kappa shape index (κ2) is 8.23. The Balaban J connectivity index is 2.02. The standard InChI is InChI=1S/C16H20Cl2N4OS/c1-10(2)22-9-19-20-16(22)24-8-15(23)21(4)11(3)13-6-5-12(17)7-14(13)18/h5-7,9-11H,8H2,1-4H3. The largest absolute Gasteiger partial charge is 0.338 e.